The van der Waals surface area contributed by atoms with E-state index in [9.17, 15) is 17.7 Å². The fourth-order valence-corrected chi connectivity index (χ4v) is 1.42. The molecule has 19 heavy (non-hydrogen) atoms. The van der Waals surface area contributed by atoms with Crippen LogP contribution >= 0.6 is 0 Å². The summed E-state index contributed by atoms with van der Waals surface area (Å²) in [4.78, 5) is 13.3. The molecule has 1 aliphatic rings. The minimum Gasteiger partial charge on any atom is -0.457 e. The van der Waals surface area contributed by atoms with E-state index < -0.39 is 13.1 Å². The molecule has 0 unspecified atom stereocenters. The number of hydrogen-bond donors (Lipinski definition) is 1. The zero-order chi connectivity index (χ0) is 14.3. The predicted octanol–water partition coefficient (Wildman–Crippen LogP) is -0.739. The molecule has 0 aliphatic carbocycles. The van der Waals surface area contributed by atoms with Crippen molar-refractivity contribution in [1.29, 1.82) is 0 Å². The van der Waals surface area contributed by atoms with Gasteiger partial charge in [0.15, 0.2) is 0 Å². The van der Waals surface area contributed by atoms with E-state index in [-0.39, 0.29) is 63.5 Å². The van der Waals surface area contributed by atoms with Gasteiger partial charge in [0.1, 0.15) is 5.60 Å². The van der Waals surface area contributed by atoms with Gasteiger partial charge >= 0.3 is 65.0 Å². The second-order valence-electron chi connectivity index (χ2n) is 4.96. The Labute approximate surface area is 155 Å². The third kappa shape index (κ3) is 14.9. The first-order valence-corrected chi connectivity index (χ1v) is 5.57. The molecule has 0 radical (unpaired) electrons. The number of hydrogen-bond acceptors (Lipinski definition) is 3. The van der Waals surface area contributed by atoms with Crippen molar-refractivity contribution in [3.8, 4) is 0 Å². The molecule has 1 fully saturated rings. The van der Waals surface area contributed by atoms with Gasteiger partial charge in [-0.2, -0.15) is 0 Å². The van der Waals surface area contributed by atoms with Gasteiger partial charge in [0.2, 0.25) is 0 Å². The van der Waals surface area contributed by atoms with Gasteiger partial charge in [0, 0.05) is 6.04 Å². The quantitative estimate of drug-likeness (QED) is 0.513. The number of alkyl carbamates (subject to hydrolysis) is 1. The van der Waals surface area contributed by atoms with Gasteiger partial charge in [-0.1, -0.05) is 0 Å². The largest absolute Gasteiger partial charge is 1.00 e. The van der Waals surface area contributed by atoms with Crippen molar-refractivity contribution in [2.24, 2.45) is 0 Å². The first-order valence-electron chi connectivity index (χ1n) is 5.57. The van der Waals surface area contributed by atoms with E-state index >= 15 is 0 Å². The summed E-state index contributed by atoms with van der Waals surface area (Å²) in [6.45, 7) is 7.30. The maximum Gasteiger partial charge on any atom is 1.00 e. The average molecular weight is 306 g/mol. The Morgan fingerprint density at radius 1 is 1.42 bits per heavy atom. The van der Waals surface area contributed by atoms with Gasteiger partial charge < -0.3 is 15.0 Å². The van der Waals surface area contributed by atoms with E-state index in [1.165, 1.54) is 0 Å². The molecule has 0 bridgehead atoms. The molecule has 1 heterocycles. The summed E-state index contributed by atoms with van der Waals surface area (Å²) in [6.07, 6.45) is 0.612. The number of ether oxygens (including phenoxy) is 1. The summed E-state index contributed by atoms with van der Waals surface area (Å²) < 4.78 is 34.1. The van der Waals surface area contributed by atoms with Crippen molar-refractivity contribution in [2.75, 3.05) is 13.1 Å². The number of likely N-dealkylation sites (tertiary alicyclic amines) is 1. The normalized spacial score (nSPS) is 18.8. The Balaban J connectivity index is 0. The van der Waals surface area contributed by atoms with Crippen LogP contribution in [0.1, 0.15) is 27.2 Å². The molecule has 0 aromatic rings. The monoisotopic (exact) mass is 306 g/mol. The average Bonchev–Trinajstić information content (AvgIpc) is 2.45. The fraction of sp³-hybridized carbons (Fsp3) is 0.800. The molecule has 0 spiro atoms. The second kappa shape index (κ2) is 10.4. The molecule has 0 aromatic heterocycles. The molecule has 106 valence electrons. The van der Waals surface area contributed by atoms with Crippen LogP contribution in [0, 0.1) is 7.05 Å². The molecule has 0 aromatic carbocycles. The van der Waals surface area contributed by atoms with Crippen molar-refractivity contribution >= 4 is 13.6 Å². The Bertz CT molecular complexity index is 265. The van der Waals surface area contributed by atoms with Crippen LogP contribution in [0.2, 0.25) is 0 Å². The number of carbonyl (C=O) groups excluding carboxylic acids is 1. The van der Waals surface area contributed by atoms with Crippen LogP contribution in [0.4, 0.5) is 17.7 Å². The van der Waals surface area contributed by atoms with Gasteiger partial charge in [0.25, 0.3) is 0 Å². The second-order valence-corrected chi connectivity index (χ2v) is 4.96. The third-order valence-electron chi connectivity index (χ3n) is 1.99. The fourth-order valence-electron chi connectivity index (χ4n) is 1.42. The number of rotatable bonds is 1. The summed E-state index contributed by atoms with van der Waals surface area (Å²) in [5.41, 5.74) is -0.424. The van der Waals surface area contributed by atoms with Crippen LogP contribution in [0.3, 0.4) is 0 Å². The van der Waals surface area contributed by atoms with Crippen LogP contribution in [-0.4, -0.2) is 43.3 Å². The molecule has 1 N–H and O–H groups in total. The molecule has 1 rings (SSSR count). The van der Waals surface area contributed by atoms with Gasteiger partial charge in [-0.15, -0.1) is 0 Å². The minimum atomic E-state index is -3.67. The molecule has 0 saturated carbocycles. The number of carbonyl (C=O) groups is 1. The molecule has 1 atom stereocenters. The zero-order valence-corrected chi connectivity index (χ0v) is 15.0. The third-order valence-corrected chi connectivity index (χ3v) is 1.99. The molecular formula is C10H19BF3KN2O2. The molecule has 4 nitrogen and oxygen atoms in total. The summed E-state index contributed by atoms with van der Waals surface area (Å²) in [5, 5.41) is 2.82. The summed E-state index contributed by atoms with van der Waals surface area (Å²) in [5.74, 6) is 0. The van der Waals surface area contributed by atoms with Crippen LogP contribution in [0.5, 0.6) is 0 Å². The standard InChI is InChI=1S/C10H19N2O2.BF3.K/c1-10(2,3)14-9(13)11-8-5-6-12(4)7-8;2-1(3)4;/h8H,4-7H2,1-3H3,(H,11,13);;/q-1;;+1/t8-;;/m1../s1. The van der Waals surface area contributed by atoms with Gasteiger partial charge in [-0.05, 0) is 40.3 Å². The van der Waals surface area contributed by atoms with Crippen LogP contribution < -0.4 is 56.7 Å². The number of nitrogens with one attached hydrogen (secondary N) is 1. The van der Waals surface area contributed by atoms with Crippen molar-refractivity contribution in [3.63, 3.8) is 0 Å². The summed E-state index contributed by atoms with van der Waals surface area (Å²) in [7, 11) is 0.144. The Hall–Kier alpha value is 0.721. The Kier molecular flexibility index (Phi) is 12.1. The molecule has 1 aliphatic heterocycles. The van der Waals surface area contributed by atoms with Crippen molar-refractivity contribution in [1.82, 2.24) is 10.2 Å². The van der Waals surface area contributed by atoms with Crippen molar-refractivity contribution in [2.45, 2.75) is 38.8 Å². The van der Waals surface area contributed by atoms with Gasteiger partial charge in [0.05, 0.1) is 0 Å². The number of nitrogens with zero attached hydrogens (tertiary/aromatic N) is 1. The van der Waals surface area contributed by atoms with Gasteiger partial charge in [-0.3, -0.25) is 20.0 Å². The Morgan fingerprint density at radius 3 is 2.21 bits per heavy atom. The topological polar surface area (TPSA) is 41.6 Å². The maximum atomic E-state index is 11.3. The van der Waals surface area contributed by atoms with E-state index in [0.717, 1.165) is 19.5 Å². The molecule has 9 heteroatoms. The van der Waals surface area contributed by atoms with Gasteiger partial charge in [-0.25, -0.2) is 4.79 Å². The Morgan fingerprint density at radius 2 is 1.89 bits per heavy atom. The molecular weight excluding hydrogens is 287 g/mol. The van der Waals surface area contributed by atoms with E-state index in [4.69, 9.17) is 4.74 Å². The van der Waals surface area contributed by atoms with Crippen molar-refractivity contribution in [3.05, 3.63) is 7.05 Å². The molecule has 1 amide bonds. The zero-order valence-electron chi connectivity index (χ0n) is 11.9. The number of halogens is 3. The first-order chi connectivity index (χ1) is 8.10. The molecule has 1 saturated heterocycles. The maximum absolute atomic E-state index is 11.3. The summed E-state index contributed by atoms with van der Waals surface area (Å²) >= 11 is 0. The predicted molar refractivity (Wildman–Crippen MR) is 63.8 cm³/mol. The van der Waals surface area contributed by atoms with E-state index in [1.807, 2.05) is 25.7 Å². The van der Waals surface area contributed by atoms with Crippen LogP contribution in [-0.2, 0) is 4.74 Å². The SMILES string of the molecule is FB(F)F.[CH2-]N1CC[C@@H](NC(=O)OC(C)(C)C)C1.[K+]. The smallest absolute Gasteiger partial charge is 0.457 e. The van der Waals surface area contributed by atoms with Crippen LogP contribution in [0.25, 0.3) is 0 Å². The van der Waals surface area contributed by atoms with E-state index in [1.54, 1.807) is 0 Å². The van der Waals surface area contributed by atoms with Crippen molar-refractivity contribution < 1.29 is 73.9 Å². The van der Waals surface area contributed by atoms with E-state index in [2.05, 4.69) is 12.4 Å². The van der Waals surface area contributed by atoms with E-state index in [0.29, 0.717) is 0 Å². The first kappa shape index (κ1) is 22.0. The summed E-state index contributed by atoms with van der Waals surface area (Å²) in [6, 6.07) is 0.183. The minimum absolute atomic E-state index is 0. The van der Waals surface area contributed by atoms with Crippen LogP contribution in [0.15, 0.2) is 0 Å². The number of amides is 1.